The maximum absolute atomic E-state index is 14.0. The van der Waals surface area contributed by atoms with Crippen LogP contribution in [-0.4, -0.2) is 49.7 Å². The molecule has 0 saturated carbocycles. The van der Waals surface area contributed by atoms with Crippen LogP contribution in [-0.2, 0) is 10.0 Å². The first kappa shape index (κ1) is 19.5. The van der Waals surface area contributed by atoms with E-state index in [-0.39, 0.29) is 32.1 Å². The van der Waals surface area contributed by atoms with E-state index in [4.69, 9.17) is 0 Å². The van der Waals surface area contributed by atoms with Crippen LogP contribution in [0.5, 0.6) is 0 Å². The summed E-state index contributed by atoms with van der Waals surface area (Å²) in [5, 5.41) is 1.79. The molecule has 0 N–H and O–H groups in total. The van der Waals surface area contributed by atoms with Crippen molar-refractivity contribution in [2.24, 2.45) is 0 Å². The number of halogens is 2. The molecule has 0 aliphatic carbocycles. The second-order valence-corrected chi connectivity index (χ2v) is 8.70. The SMILES string of the molecule is O=C(c1cccc2ccccc12)N1CCN(S(=O)(=O)c2ccc(F)cc2F)CC1. The van der Waals surface area contributed by atoms with E-state index < -0.39 is 26.6 Å². The fraction of sp³-hybridized carbons (Fsp3) is 0.190. The molecule has 0 atom stereocenters. The topological polar surface area (TPSA) is 57.7 Å². The van der Waals surface area contributed by atoms with Gasteiger partial charge in [-0.2, -0.15) is 4.31 Å². The molecule has 0 radical (unpaired) electrons. The monoisotopic (exact) mass is 416 g/mol. The third kappa shape index (κ3) is 3.61. The summed E-state index contributed by atoms with van der Waals surface area (Å²) in [7, 11) is -4.10. The lowest BCUT2D eigenvalue weighted by Gasteiger charge is -2.34. The molecule has 0 spiro atoms. The van der Waals surface area contributed by atoms with E-state index in [0.29, 0.717) is 11.6 Å². The van der Waals surface area contributed by atoms with Crippen LogP contribution in [0.1, 0.15) is 10.4 Å². The van der Waals surface area contributed by atoms with Gasteiger partial charge in [0.1, 0.15) is 16.5 Å². The first-order valence-corrected chi connectivity index (χ1v) is 10.5. The van der Waals surface area contributed by atoms with Crippen LogP contribution >= 0.6 is 0 Å². The number of carbonyl (C=O) groups is 1. The average Bonchev–Trinajstić information content (AvgIpc) is 2.72. The molecule has 5 nitrogen and oxygen atoms in total. The van der Waals surface area contributed by atoms with E-state index in [0.717, 1.165) is 27.2 Å². The number of fused-ring (bicyclic) bond motifs is 1. The smallest absolute Gasteiger partial charge is 0.254 e. The molecule has 3 aromatic carbocycles. The van der Waals surface area contributed by atoms with Gasteiger partial charge in [-0.05, 0) is 29.0 Å². The van der Waals surface area contributed by atoms with Crippen LogP contribution in [0.15, 0.2) is 65.6 Å². The molecule has 1 aliphatic rings. The third-order valence-electron chi connectivity index (χ3n) is 5.06. The molecule has 1 aliphatic heterocycles. The first-order chi connectivity index (χ1) is 13.9. The van der Waals surface area contributed by atoms with Gasteiger partial charge in [-0.1, -0.05) is 36.4 Å². The van der Waals surface area contributed by atoms with Gasteiger partial charge >= 0.3 is 0 Å². The van der Waals surface area contributed by atoms with Crippen molar-refractivity contribution in [3.8, 4) is 0 Å². The van der Waals surface area contributed by atoms with Crippen LogP contribution in [0.25, 0.3) is 10.8 Å². The number of hydrogen-bond donors (Lipinski definition) is 0. The number of hydrogen-bond acceptors (Lipinski definition) is 3. The van der Waals surface area contributed by atoms with Gasteiger partial charge in [-0.25, -0.2) is 17.2 Å². The summed E-state index contributed by atoms with van der Waals surface area (Å²) in [6.45, 7) is 0.444. The fourth-order valence-corrected chi connectivity index (χ4v) is 5.00. The number of amides is 1. The Kier molecular flexibility index (Phi) is 5.06. The van der Waals surface area contributed by atoms with Crippen molar-refractivity contribution < 1.29 is 22.0 Å². The van der Waals surface area contributed by atoms with Crippen LogP contribution in [0.2, 0.25) is 0 Å². The molecular formula is C21H18F2N2O3S. The van der Waals surface area contributed by atoms with Crippen LogP contribution < -0.4 is 0 Å². The van der Waals surface area contributed by atoms with Gasteiger partial charge in [0.2, 0.25) is 10.0 Å². The van der Waals surface area contributed by atoms with Crippen molar-refractivity contribution in [2.45, 2.75) is 4.90 Å². The Morgan fingerprint density at radius 1 is 0.862 bits per heavy atom. The Morgan fingerprint density at radius 3 is 2.28 bits per heavy atom. The number of piperazine rings is 1. The van der Waals surface area contributed by atoms with Gasteiger partial charge in [0, 0.05) is 37.8 Å². The van der Waals surface area contributed by atoms with E-state index >= 15 is 0 Å². The Morgan fingerprint density at radius 2 is 1.55 bits per heavy atom. The van der Waals surface area contributed by atoms with E-state index in [1.54, 1.807) is 11.0 Å². The van der Waals surface area contributed by atoms with Crippen molar-refractivity contribution in [3.63, 3.8) is 0 Å². The molecule has 4 rings (SSSR count). The summed E-state index contributed by atoms with van der Waals surface area (Å²) in [6, 6.07) is 15.4. The number of carbonyl (C=O) groups excluding carboxylic acids is 1. The van der Waals surface area contributed by atoms with Crippen molar-refractivity contribution in [1.29, 1.82) is 0 Å². The predicted octanol–water partition coefficient (Wildman–Crippen LogP) is 3.26. The highest BCUT2D eigenvalue weighted by Gasteiger charge is 2.32. The third-order valence-corrected chi connectivity index (χ3v) is 6.99. The van der Waals surface area contributed by atoms with Crippen molar-refractivity contribution in [3.05, 3.63) is 77.9 Å². The summed E-state index contributed by atoms with van der Waals surface area (Å²) in [6.07, 6.45) is 0. The number of benzene rings is 3. The molecule has 0 aromatic heterocycles. The summed E-state index contributed by atoms with van der Waals surface area (Å²) in [4.78, 5) is 14.0. The molecule has 1 heterocycles. The lowest BCUT2D eigenvalue weighted by atomic mass is 10.0. The lowest BCUT2D eigenvalue weighted by molar-refractivity contribution is 0.0699. The van der Waals surface area contributed by atoms with Crippen LogP contribution in [0.4, 0.5) is 8.78 Å². The molecule has 150 valence electrons. The molecule has 0 bridgehead atoms. The van der Waals surface area contributed by atoms with E-state index in [2.05, 4.69) is 0 Å². The van der Waals surface area contributed by atoms with E-state index in [1.807, 2.05) is 36.4 Å². The lowest BCUT2D eigenvalue weighted by Crippen LogP contribution is -2.50. The molecule has 1 fully saturated rings. The van der Waals surface area contributed by atoms with Crippen molar-refractivity contribution in [2.75, 3.05) is 26.2 Å². The highest BCUT2D eigenvalue weighted by molar-refractivity contribution is 7.89. The normalized spacial score (nSPS) is 15.6. The van der Waals surface area contributed by atoms with Gasteiger partial charge in [-0.15, -0.1) is 0 Å². The minimum atomic E-state index is -4.10. The van der Waals surface area contributed by atoms with Gasteiger partial charge in [-0.3, -0.25) is 4.79 Å². The molecular weight excluding hydrogens is 398 g/mol. The first-order valence-electron chi connectivity index (χ1n) is 9.10. The zero-order chi connectivity index (χ0) is 20.6. The zero-order valence-corrected chi connectivity index (χ0v) is 16.2. The highest BCUT2D eigenvalue weighted by atomic mass is 32.2. The standard InChI is InChI=1S/C21H18F2N2O3S/c22-16-8-9-20(19(23)14-16)29(27,28)25-12-10-24(11-13-25)21(26)18-7-3-5-15-4-1-2-6-17(15)18/h1-9,14H,10-13H2. The zero-order valence-electron chi connectivity index (χ0n) is 15.4. The Hall–Kier alpha value is -2.84. The van der Waals surface area contributed by atoms with Crippen LogP contribution in [0.3, 0.4) is 0 Å². The Labute approximate surface area is 167 Å². The summed E-state index contributed by atoms with van der Waals surface area (Å²) < 4.78 is 53.6. The quantitative estimate of drug-likeness (QED) is 0.659. The van der Waals surface area contributed by atoms with Crippen molar-refractivity contribution >= 4 is 26.7 Å². The number of sulfonamides is 1. The minimum absolute atomic E-state index is 0.0374. The van der Waals surface area contributed by atoms with Gasteiger partial charge in [0.15, 0.2) is 0 Å². The average molecular weight is 416 g/mol. The highest BCUT2D eigenvalue weighted by Crippen LogP contribution is 2.24. The number of rotatable bonds is 3. The fourth-order valence-electron chi connectivity index (χ4n) is 3.54. The second kappa shape index (κ2) is 7.53. The maximum Gasteiger partial charge on any atom is 0.254 e. The molecule has 8 heteroatoms. The summed E-state index contributed by atoms with van der Waals surface area (Å²) in [5.41, 5.74) is 0.559. The Balaban J connectivity index is 1.52. The molecule has 29 heavy (non-hydrogen) atoms. The molecule has 0 unspecified atom stereocenters. The number of nitrogens with zero attached hydrogens (tertiary/aromatic N) is 2. The molecule has 3 aromatic rings. The van der Waals surface area contributed by atoms with Gasteiger partial charge in [0.05, 0.1) is 0 Å². The van der Waals surface area contributed by atoms with Gasteiger partial charge in [0.25, 0.3) is 5.91 Å². The second-order valence-electron chi connectivity index (χ2n) is 6.80. The predicted molar refractivity (Wildman–Crippen MR) is 105 cm³/mol. The van der Waals surface area contributed by atoms with Crippen molar-refractivity contribution in [1.82, 2.24) is 9.21 Å². The summed E-state index contributed by atoms with van der Waals surface area (Å²) in [5.74, 6) is -2.14. The molecule has 1 saturated heterocycles. The minimum Gasteiger partial charge on any atom is -0.336 e. The Bertz CT molecular complexity index is 1180. The van der Waals surface area contributed by atoms with Gasteiger partial charge < -0.3 is 4.90 Å². The van der Waals surface area contributed by atoms with Crippen LogP contribution in [0, 0.1) is 11.6 Å². The van der Waals surface area contributed by atoms with E-state index in [1.165, 1.54) is 0 Å². The maximum atomic E-state index is 14.0. The molecule has 1 amide bonds. The van der Waals surface area contributed by atoms with E-state index in [9.17, 15) is 22.0 Å². The summed E-state index contributed by atoms with van der Waals surface area (Å²) >= 11 is 0. The largest absolute Gasteiger partial charge is 0.336 e.